The number of fused-ring (bicyclic) bond motifs is 1. The zero-order valence-electron chi connectivity index (χ0n) is 18.9. The van der Waals surface area contributed by atoms with Crippen LogP contribution in [0, 0.1) is 5.82 Å². The number of hydrogen-bond acceptors (Lipinski definition) is 7. The average molecular weight is 525 g/mol. The molecule has 1 aliphatic heterocycles. The summed E-state index contributed by atoms with van der Waals surface area (Å²) in [5, 5.41) is 7.95. The number of anilines is 5. The van der Waals surface area contributed by atoms with E-state index in [1.807, 2.05) is 0 Å². The van der Waals surface area contributed by atoms with Crippen LogP contribution in [0.1, 0.15) is 16.7 Å². The minimum absolute atomic E-state index is 0.0761. The number of para-hydroxylation sites is 1. The van der Waals surface area contributed by atoms with Crippen molar-refractivity contribution < 1.29 is 30.8 Å². The minimum Gasteiger partial charge on any atom is -0.365 e. The molecule has 1 aliphatic rings. The molecule has 0 bridgehead atoms. The molecule has 14 heteroatoms. The van der Waals surface area contributed by atoms with Crippen LogP contribution in [0.25, 0.3) is 0 Å². The monoisotopic (exact) mass is 524 g/mol. The van der Waals surface area contributed by atoms with E-state index in [0.29, 0.717) is 23.1 Å². The third kappa shape index (κ3) is 5.32. The molecule has 4 rings (SSSR count). The summed E-state index contributed by atoms with van der Waals surface area (Å²) in [6.45, 7) is -0.423. The second-order valence-corrected chi connectivity index (χ2v) is 10.0. The van der Waals surface area contributed by atoms with Crippen LogP contribution in [-0.2, 0) is 34.0 Å². The topological polar surface area (TPSA) is 116 Å². The van der Waals surface area contributed by atoms with E-state index in [1.165, 1.54) is 19.2 Å². The lowest BCUT2D eigenvalue weighted by atomic mass is 10.1. The zero-order chi connectivity index (χ0) is 26.3. The Morgan fingerprint density at radius 1 is 1.19 bits per heavy atom. The first-order chi connectivity index (χ1) is 16.8. The molecule has 0 saturated carbocycles. The third-order valence-electron chi connectivity index (χ3n) is 5.44. The van der Waals surface area contributed by atoms with Crippen molar-refractivity contribution in [1.82, 2.24) is 9.97 Å². The van der Waals surface area contributed by atoms with Gasteiger partial charge in [-0.25, -0.2) is 17.8 Å². The SMILES string of the molecule is CN(c1ccc(F)c(CNc2nc(Nc3cccc4c3NC(=O)C4)ncc2C(F)(F)F)c1)S(C)(=O)=O. The van der Waals surface area contributed by atoms with Gasteiger partial charge in [0, 0.05) is 25.4 Å². The van der Waals surface area contributed by atoms with Crippen LogP contribution in [-0.4, -0.2) is 37.6 Å². The Labute approximate surface area is 203 Å². The number of nitrogens with one attached hydrogen (secondary N) is 3. The van der Waals surface area contributed by atoms with Gasteiger partial charge in [-0.05, 0) is 29.8 Å². The Balaban J connectivity index is 1.63. The molecule has 2 heterocycles. The fourth-order valence-electron chi connectivity index (χ4n) is 3.52. The molecule has 9 nitrogen and oxygen atoms in total. The lowest BCUT2D eigenvalue weighted by Gasteiger charge is -2.19. The third-order valence-corrected chi connectivity index (χ3v) is 6.65. The highest BCUT2D eigenvalue weighted by atomic mass is 32.2. The van der Waals surface area contributed by atoms with Crippen molar-refractivity contribution in [1.29, 1.82) is 0 Å². The van der Waals surface area contributed by atoms with E-state index in [0.717, 1.165) is 16.6 Å². The van der Waals surface area contributed by atoms with E-state index in [2.05, 4.69) is 25.9 Å². The molecule has 0 aliphatic carbocycles. The second kappa shape index (κ2) is 9.26. The van der Waals surface area contributed by atoms with Crippen molar-refractivity contribution in [3.63, 3.8) is 0 Å². The van der Waals surface area contributed by atoms with Gasteiger partial charge in [0.15, 0.2) is 0 Å². The van der Waals surface area contributed by atoms with Gasteiger partial charge in [0.25, 0.3) is 0 Å². The molecule has 1 amide bonds. The van der Waals surface area contributed by atoms with E-state index in [9.17, 15) is 30.8 Å². The van der Waals surface area contributed by atoms with Crippen molar-refractivity contribution in [3.05, 3.63) is 65.1 Å². The Kier molecular flexibility index (Phi) is 6.47. The standard InChI is InChI=1S/C22H20F4N6O3S/c1-32(36(2,34)35)14-6-7-16(23)13(8-14)10-27-20-15(22(24,25)26)11-28-21(31-20)29-17-5-3-4-12-9-18(33)30-19(12)17/h3-8,11H,9-10H2,1-2H3,(H,30,33)(H2,27,28,29,31). The van der Waals surface area contributed by atoms with Gasteiger partial charge >= 0.3 is 6.18 Å². The van der Waals surface area contributed by atoms with Crippen molar-refractivity contribution in [2.75, 3.05) is 33.6 Å². The van der Waals surface area contributed by atoms with Crippen LogP contribution in [0.15, 0.2) is 42.6 Å². The number of halogens is 4. The minimum atomic E-state index is -4.81. The molecule has 0 atom stereocenters. The van der Waals surface area contributed by atoms with Gasteiger partial charge in [-0.2, -0.15) is 18.2 Å². The smallest absolute Gasteiger partial charge is 0.365 e. The normalized spacial score (nSPS) is 13.2. The summed E-state index contributed by atoms with van der Waals surface area (Å²) in [6, 6.07) is 8.50. The summed E-state index contributed by atoms with van der Waals surface area (Å²) in [7, 11) is -2.36. The summed E-state index contributed by atoms with van der Waals surface area (Å²) in [5.41, 5.74) is 0.472. The van der Waals surface area contributed by atoms with E-state index in [1.54, 1.807) is 18.2 Å². The molecule has 0 spiro atoms. The predicted octanol–water partition coefficient (Wildman–Crippen LogP) is 3.88. The second-order valence-electron chi connectivity index (χ2n) is 8.00. The number of alkyl halides is 3. The number of nitrogens with zero attached hydrogens (tertiary/aromatic N) is 3. The van der Waals surface area contributed by atoms with Crippen LogP contribution in [0.5, 0.6) is 0 Å². The van der Waals surface area contributed by atoms with Crippen molar-refractivity contribution >= 4 is 44.8 Å². The van der Waals surface area contributed by atoms with Crippen LogP contribution < -0.4 is 20.3 Å². The molecule has 190 valence electrons. The Morgan fingerprint density at radius 3 is 2.64 bits per heavy atom. The molecule has 36 heavy (non-hydrogen) atoms. The number of rotatable bonds is 7. The fraction of sp³-hybridized carbons (Fsp3) is 0.227. The predicted molar refractivity (Wildman–Crippen MR) is 126 cm³/mol. The number of carbonyl (C=O) groups is 1. The molecule has 0 unspecified atom stereocenters. The molecule has 0 radical (unpaired) electrons. The van der Waals surface area contributed by atoms with Crippen LogP contribution in [0.2, 0.25) is 0 Å². The summed E-state index contributed by atoms with van der Waals surface area (Å²) < 4.78 is 79.7. The van der Waals surface area contributed by atoms with Gasteiger partial charge < -0.3 is 16.0 Å². The van der Waals surface area contributed by atoms with Gasteiger partial charge in [-0.1, -0.05) is 12.1 Å². The van der Waals surface area contributed by atoms with Gasteiger partial charge in [-0.3, -0.25) is 9.10 Å². The molecule has 3 aromatic rings. The number of hydrogen-bond donors (Lipinski definition) is 3. The maximum Gasteiger partial charge on any atom is 0.421 e. The molecule has 0 fully saturated rings. The highest BCUT2D eigenvalue weighted by Crippen LogP contribution is 2.36. The first-order valence-electron chi connectivity index (χ1n) is 10.4. The number of benzene rings is 2. The van der Waals surface area contributed by atoms with E-state index in [4.69, 9.17) is 0 Å². The van der Waals surface area contributed by atoms with Crippen LogP contribution >= 0.6 is 0 Å². The molecular formula is C22H20F4N6O3S. The number of amides is 1. The van der Waals surface area contributed by atoms with Crippen LogP contribution in [0.4, 0.5) is 46.4 Å². The number of aromatic nitrogens is 2. The highest BCUT2D eigenvalue weighted by molar-refractivity contribution is 7.92. The number of carbonyl (C=O) groups excluding carboxylic acids is 1. The summed E-state index contributed by atoms with van der Waals surface area (Å²) in [4.78, 5) is 19.4. The lowest BCUT2D eigenvalue weighted by Crippen LogP contribution is -2.25. The molecule has 3 N–H and O–H groups in total. The van der Waals surface area contributed by atoms with E-state index >= 15 is 0 Å². The first kappa shape index (κ1) is 25.2. The quantitative estimate of drug-likeness (QED) is 0.402. The Morgan fingerprint density at radius 2 is 1.94 bits per heavy atom. The van der Waals surface area contributed by atoms with Gasteiger partial charge in [0.05, 0.1) is 29.7 Å². The average Bonchev–Trinajstić information content (AvgIpc) is 3.18. The van der Waals surface area contributed by atoms with Crippen molar-refractivity contribution in [2.24, 2.45) is 0 Å². The van der Waals surface area contributed by atoms with E-state index < -0.39 is 39.9 Å². The summed E-state index contributed by atoms with van der Waals surface area (Å²) in [6.07, 6.45) is -3.08. The van der Waals surface area contributed by atoms with Gasteiger partial charge in [0.1, 0.15) is 17.2 Å². The maximum atomic E-state index is 14.4. The van der Waals surface area contributed by atoms with E-state index in [-0.39, 0.29) is 29.5 Å². The van der Waals surface area contributed by atoms with Crippen molar-refractivity contribution in [2.45, 2.75) is 19.1 Å². The lowest BCUT2D eigenvalue weighted by molar-refractivity contribution is -0.137. The Bertz CT molecular complexity index is 1450. The maximum absolute atomic E-state index is 14.4. The van der Waals surface area contributed by atoms with Crippen LogP contribution in [0.3, 0.4) is 0 Å². The Hall–Kier alpha value is -3.94. The molecular weight excluding hydrogens is 504 g/mol. The van der Waals surface area contributed by atoms with Crippen molar-refractivity contribution in [3.8, 4) is 0 Å². The summed E-state index contributed by atoms with van der Waals surface area (Å²) >= 11 is 0. The molecule has 0 saturated heterocycles. The first-order valence-corrected chi connectivity index (χ1v) is 12.3. The molecule has 2 aromatic carbocycles. The zero-order valence-corrected chi connectivity index (χ0v) is 19.8. The van der Waals surface area contributed by atoms with Gasteiger partial charge in [-0.15, -0.1) is 0 Å². The number of sulfonamides is 1. The highest BCUT2D eigenvalue weighted by Gasteiger charge is 2.35. The van der Waals surface area contributed by atoms with Gasteiger partial charge in [0.2, 0.25) is 21.9 Å². The fourth-order valence-corrected chi connectivity index (χ4v) is 4.02. The summed E-state index contributed by atoms with van der Waals surface area (Å²) in [5.74, 6) is -1.77. The molecule has 1 aromatic heterocycles. The largest absolute Gasteiger partial charge is 0.421 e.